The van der Waals surface area contributed by atoms with Crippen LogP contribution in [0.25, 0.3) is 0 Å². The van der Waals surface area contributed by atoms with Crippen LogP contribution in [0.4, 0.5) is 4.79 Å². The molecule has 0 spiro atoms. The zero-order chi connectivity index (χ0) is 15.9. The van der Waals surface area contributed by atoms with Crippen molar-refractivity contribution in [3.8, 4) is 0 Å². The molecule has 0 bridgehead atoms. The summed E-state index contributed by atoms with van der Waals surface area (Å²) >= 11 is 1.43. The van der Waals surface area contributed by atoms with Crippen molar-refractivity contribution >= 4 is 29.2 Å². The molecule has 0 radical (unpaired) electrons. The average Bonchev–Trinajstić information content (AvgIpc) is 3.16. The minimum atomic E-state index is -0.818. The number of nitrogens with zero attached hydrogens (tertiary/aromatic N) is 3. The summed E-state index contributed by atoms with van der Waals surface area (Å²) in [5.74, 6) is -1.09. The number of aromatic nitrogens is 1. The Bertz CT molecular complexity index is 731. The zero-order valence-corrected chi connectivity index (χ0v) is 12.8. The Hall–Kier alpha value is -2.48. The van der Waals surface area contributed by atoms with E-state index in [4.69, 9.17) is 4.52 Å². The van der Waals surface area contributed by atoms with Crippen LogP contribution in [0.1, 0.15) is 21.9 Å². The SMILES string of the molecule is Cc1noc(C)c1CN1C(=O)C(=O)N(Cc2cccs2)C1=O. The first-order valence-corrected chi connectivity index (χ1v) is 7.48. The van der Waals surface area contributed by atoms with Gasteiger partial charge >= 0.3 is 17.8 Å². The molecule has 0 aliphatic carbocycles. The van der Waals surface area contributed by atoms with E-state index in [0.29, 0.717) is 17.0 Å². The number of imide groups is 2. The lowest BCUT2D eigenvalue weighted by molar-refractivity contribution is -0.143. The Morgan fingerprint density at radius 2 is 1.82 bits per heavy atom. The Morgan fingerprint density at radius 3 is 2.36 bits per heavy atom. The largest absolute Gasteiger partial charge is 0.361 e. The predicted octanol–water partition coefficient (Wildman–Crippen LogP) is 1.84. The molecule has 3 heterocycles. The molecule has 4 amide bonds. The summed E-state index contributed by atoms with van der Waals surface area (Å²) < 4.78 is 5.02. The van der Waals surface area contributed by atoms with Crippen molar-refractivity contribution in [3.63, 3.8) is 0 Å². The first kappa shape index (κ1) is 14.5. The van der Waals surface area contributed by atoms with E-state index in [2.05, 4.69) is 5.16 Å². The van der Waals surface area contributed by atoms with Crippen LogP contribution in [-0.2, 0) is 22.7 Å². The number of carbonyl (C=O) groups excluding carboxylic acids is 3. The Morgan fingerprint density at radius 1 is 1.14 bits per heavy atom. The summed E-state index contributed by atoms with van der Waals surface area (Å²) in [6, 6.07) is 3.03. The second-order valence-electron chi connectivity index (χ2n) is 4.95. The molecule has 1 aliphatic rings. The molecular formula is C14H13N3O4S. The van der Waals surface area contributed by atoms with Gasteiger partial charge in [0, 0.05) is 10.4 Å². The van der Waals surface area contributed by atoms with Crippen molar-refractivity contribution in [1.82, 2.24) is 15.0 Å². The van der Waals surface area contributed by atoms with Gasteiger partial charge in [-0.25, -0.2) is 4.79 Å². The molecule has 0 N–H and O–H groups in total. The van der Waals surface area contributed by atoms with Crippen LogP contribution < -0.4 is 0 Å². The maximum absolute atomic E-state index is 12.4. The fourth-order valence-corrected chi connectivity index (χ4v) is 2.97. The van der Waals surface area contributed by atoms with Gasteiger partial charge in [-0.05, 0) is 25.3 Å². The van der Waals surface area contributed by atoms with Crippen molar-refractivity contribution < 1.29 is 18.9 Å². The Kier molecular flexibility index (Phi) is 3.53. The number of hydrogen-bond acceptors (Lipinski definition) is 6. The van der Waals surface area contributed by atoms with E-state index >= 15 is 0 Å². The second-order valence-corrected chi connectivity index (χ2v) is 5.98. The van der Waals surface area contributed by atoms with Crippen LogP contribution in [-0.4, -0.2) is 32.8 Å². The lowest BCUT2D eigenvalue weighted by Gasteiger charge is -2.14. The molecule has 114 valence electrons. The number of carbonyl (C=O) groups is 3. The monoisotopic (exact) mass is 319 g/mol. The van der Waals surface area contributed by atoms with E-state index in [1.165, 1.54) is 11.3 Å². The third-order valence-electron chi connectivity index (χ3n) is 3.53. The third-order valence-corrected chi connectivity index (χ3v) is 4.39. The summed E-state index contributed by atoms with van der Waals surface area (Å²) in [5, 5.41) is 5.64. The van der Waals surface area contributed by atoms with Crippen LogP contribution in [0.5, 0.6) is 0 Å². The van der Waals surface area contributed by atoms with Crippen molar-refractivity contribution in [1.29, 1.82) is 0 Å². The smallest absolute Gasteiger partial charge is 0.334 e. The van der Waals surface area contributed by atoms with Gasteiger partial charge in [-0.3, -0.25) is 19.4 Å². The highest BCUT2D eigenvalue weighted by Crippen LogP contribution is 2.22. The Balaban J connectivity index is 1.83. The maximum Gasteiger partial charge on any atom is 0.334 e. The molecule has 1 saturated heterocycles. The fourth-order valence-electron chi connectivity index (χ4n) is 2.27. The summed E-state index contributed by atoms with van der Waals surface area (Å²) in [5.41, 5.74) is 1.25. The van der Waals surface area contributed by atoms with Crippen molar-refractivity contribution in [3.05, 3.63) is 39.4 Å². The summed E-state index contributed by atoms with van der Waals surface area (Å²) in [4.78, 5) is 39.2. The van der Waals surface area contributed by atoms with Crippen molar-refractivity contribution in [2.24, 2.45) is 0 Å². The van der Waals surface area contributed by atoms with Crippen molar-refractivity contribution in [2.75, 3.05) is 0 Å². The number of amides is 4. The quantitative estimate of drug-likeness (QED) is 0.634. The van der Waals surface area contributed by atoms with Gasteiger partial charge in [0.2, 0.25) is 0 Å². The van der Waals surface area contributed by atoms with E-state index in [1.54, 1.807) is 13.8 Å². The topological polar surface area (TPSA) is 83.7 Å². The molecular weight excluding hydrogens is 306 g/mol. The van der Waals surface area contributed by atoms with Gasteiger partial charge in [-0.1, -0.05) is 11.2 Å². The molecule has 1 aliphatic heterocycles. The van der Waals surface area contributed by atoms with Crippen molar-refractivity contribution in [2.45, 2.75) is 26.9 Å². The van der Waals surface area contributed by atoms with Gasteiger partial charge in [-0.2, -0.15) is 0 Å². The van der Waals surface area contributed by atoms with Crippen LogP contribution >= 0.6 is 11.3 Å². The van der Waals surface area contributed by atoms with E-state index in [0.717, 1.165) is 14.7 Å². The van der Waals surface area contributed by atoms with Crippen LogP contribution in [0.15, 0.2) is 22.0 Å². The van der Waals surface area contributed by atoms with E-state index < -0.39 is 17.8 Å². The lowest BCUT2D eigenvalue weighted by Crippen LogP contribution is -2.32. The molecule has 3 rings (SSSR count). The highest BCUT2D eigenvalue weighted by atomic mass is 32.1. The fraction of sp³-hybridized carbons (Fsp3) is 0.286. The van der Waals surface area contributed by atoms with Crippen LogP contribution in [0.2, 0.25) is 0 Å². The highest BCUT2D eigenvalue weighted by molar-refractivity contribution is 7.09. The molecule has 0 aromatic carbocycles. The minimum Gasteiger partial charge on any atom is -0.361 e. The van der Waals surface area contributed by atoms with Gasteiger partial charge in [-0.15, -0.1) is 11.3 Å². The average molecular weight is 319 g/mol. The second kappa shape index (κ2) is 5.38. The molecule has 0 saturated carbocycles. The van der Waals surface area contributed by atoms with Crippen LogP contribution in [0, 0.1) is 13.8 Å². The van der Waals surface area contributed by atoms with Gasteiger partial charge in [0.25, 0.3) is 0 Å². The summed E-state index contributed by atoms with van der Waals surface area (Å²) in [7, 11) is 0. The number of thiophene rings is 1. The molecule has 2 aromatic rings. The number of aryl methyl sites for hydroxylation is 2. The van der Waals surface area contributed by atoms with Gasteiger partial charge in [0.05, 0.1) is 18.8 Å². The molecule has 8 heteroatoms. The summed E-state index contributed by atoms with van der Waals surface area (Å²) in [6.45, 7) is 3.53. The van der Waals surface area contributed by atoms with Gasteiger partial charge in [0.15, 0.2) is 0 Å². The standard InChI is InChI=1S/C14H13N3O4S/c1-8-11(9(2)21-15-8)7-17-13(19)12(18)16(14(17)20)6-10-4-3-5-22-10/h3-5H,6-7H2,1-2H3. The number of rotatable bonds is 4. The van der Waals surface area contributed by atoms with Crippen LogP contribution in [0.3, 0.4) is 0 Å². The summed E-state index contributed by atoms with van der Waals surface area (Å²) in [6.07, 6.45) is 0. The minimum absolute atomic E-state index is 0.00842. The van der Waals surface area contributed by atoms with E-state index in [1.807, 2.05) is 17.5 Å². The normalized spacial score (nSPS) is 15.3. The van der Waals surface area contributed by atoms with Gasteiger partial charge < -0.3 is 4.52 Å². The first-order chi connectivity index (χ1) is 10.5. The molecule has 1 fully saturated rings. The molecule has 7 nitrogen and oxygen atoms in total. The zero-order valence-electron chi connectivity index (χ0n) is 12.0. The lowest BCUT2D eigenvalue weighted by atomic mass is 10.2. The predicted molar refractivity (Wildman–Crippen MR) is 76.8 cm³/mol. The molecule has 0 atom stereocenters. The maximum atomic E-state index is 12.4. The number of hydrogen-bond donors (Lipinski definition) is 0. The first-order valence-electron chi connectivity index (χ1n) is 6.60. The molecule has 0 unspecified atom stereocenters. The highest BCUT2D eigenvalue weighted by Gasteiger charge is 2.44. The molecule has 2 aromatic heterocycles. The van der Waals surface area contributed by atoms with E-state index in [-0.39, 0.29) is 13.1 Å². The third kappa shape index (κ3) is 2.31. The Labute approximate surface area is 130 Å². The number of urea groups is 1. The van der Waals surface area contributed by atoms with E-state index in [9.17, 15) is 14.4 Å². The molecule has 22 heavy (non-hydrogen) atoms. The van der Waals surface area contributed by atoms with Gasteiger partial charge in [0.1, 0.15) is 5.76 Å².